The Morgan fingerprint density at radius 2 is 2.00 bits per heavy atom. The summed E-state index contributed by atoms with van der Waals surface area (Å²) < 4.78 is 18.9. The number of rotatable bonds is 4. The van der Waals surface area contributed by atoms with E-state index < -0.39 is 0 Å². The first-order valence-corrected chi connectivity index (χ1v) is 6.45. The van der Waals surface area contributed by atoms with E-state index in [-0.39, 0.29) is 11.7 Å². The van der Waals surface area contributed by atoms with Crippen molar-refractivity contribution in [3.63, 3.8) is 0 Å². The van der Waals surface area contributed by atoms with Gasteiger partial charge in [0, 0.05) is 18.2 Å². The van der Waals surface area contributed by atoms with Crippen LogP contribution < -0.4 is 10.1 Å². The van der Waals surface area contributed by atoms with Gasteiger partial charge in [-0.3, -0.25) is 0 Å². The first-order valence-electron chi connectivity index (χ1n) is 6.45. The van der Waals surface area contributed by atoms with Crippen molar-refractivity contribution < 1.29 is 9.13 Å². The fourth-order valence-electron chi connectivity index (χ4n) is 2.22. The number of nitrogens with zero attached hydrogens (tertiary/aromatic N) is 2. The van der Waals surface area contributed by atoms with E-state index in [9.17, 15) is 4.39 Å². The maximum atomic E-state index is 13.6. The van der Waals surface area contributed by atoms with E-state index in [1.165, 1.54) is 18.5 Å². The number of nitrogens with one attached hydrogen (secondary N) is 1. The highest BCUT2D eigenvalue weighted by Crippen LogP contribution is 2.36. The number of methoxy groups -OCH3 is 1. The minimum absolute atomic E-state index is 0.196. The first kappa shape index (κ1) is 14.2. The van der Waals surface area contributed by atoms with Crippen LogP contribution in [0.5, 0.6) is 5.75 Å². The molecule has 1 aromatic heterocycles. The normalized spacial score (nSPS) is 10.7. The third-order valence-corrected chi connectivity index (χ3v) is 3.11. The van der Waals surface area contributed by atoms with E-state index in [1.54, 1.807) is 20.2 Å². The number of hydrogen-bond acceptors (Lipinski definition) is 4. The van der Waals surface area contributed by atoms with E-state index >= 15 is 0 Å². The lowest BCUT2D eigenvalue weighted by molar-refractivity contribution is 0.415. The fourth-order valence-corrected chi connectivity index (χ4v) is 2.22. The summed E-state index contributed by atoms with van der Waals surface area (Å²) in [5, 5.41) is 3.05. The lowest BCUT2D eigenvalue weighted by atomic mass is 9.97. The standard InChI is InChI=1S/C15H18FN3O/c1-9(2)13-14(18-8-19-15(13)17-3)11-7-10(16)5-6-12(11)20-4/h5-9H,1-4H3,(H,17,18,19). The average Bonchev–Trinajstić information content (AvgIpc) is 2.46. The summed E-state index contributed by atoms with van der Waals surface area (Å²) in [6.45, 7) is 4.10. The van der Waals surface area contributed by atoms with Crippen LogP contribution in [-0.2, 0) is 0 Å². The molecule has 0 spiro atoms. The molecule has 0 aliphatic heterocycles. The molecule has 0 saturated heterocycles. The highest BCUT2D eigenvalue weighted by Gasteiger charge is 2.18. The zero-order valence-electron chi connectivity index (χ0n) is 12.1. The summed E-state index contributed by atoms with van der Waals surface area (Å²) in [5.74, 6) is 1.21. The number of anilines is 1. The summed E-state index contributed by atoms with van der Waals surface area (Å²) in [6.07, 6.45) is 1.47. The van der Waals surface area contributed by atoms with Crippen molar-refractivity contribution in [3.8, 4) is 17.0 Å². The van der Waals surface area contributed by atoms with Crippen LogP contribution in [0.3, 0.4) is 0 Å². The lowest BCUT2D eigenvalue weighted by Crippen LogP contribution is -2.05. The second-order valence-corrected chi connectivity index (χ2v) is 4.73. The van der Waals surface area contributed by atoms with Gasteiger partial charge in [0.1, 0.15) is 23.7 Å². The summed E-state index contributed by atoms with van der Waals surface area (Å²) in [4.78, 5) is 8.56. The molecule has 0 saturated carbocycles. The Kier molecular flexibility index (Phi) is 4.17. The van der Waals surface area contributed by atoms with Crippen LogP contribution in [0.25, 0.3) is 11.3 Å². The largest absolute Gasteiger partial charge is 0.496 e. The topological polar surface area (TPSA) is 47.0 Å². The Morgan fingerprint density at radius 1 is 1.25 bits per heavy atom. The first-order chi connectivity index (χ1) is 9.58. The highest BCUT2D eigenvalue weighted by molar-refractivity contribution is 5.74. The van der Waals surface area contributed by atoms with Crippen LogP contribution in [0.4, 0.5) is 10.2 Å². The van der Waals surface area contributed by atoms with Crippen LogP contribution >= 0.6 is 0 Å². The quantitative estimate of drug-likeness (QED) is 0.928. The maximum absolute atomic E-state index is 13.6. The molecule has 0 radical (unpaired) electrons. The molecule has 5 heteroatoms. The SMILES string of the molecule is CNc1ncnc(-c2cc(F)ccc2OC)c1C(C)C. The van der Waals surface area contributed by atoms with Crippen molar-refractivity contribution in [2.45, 2.75) is 19.8 Å². The zero-order chi connectivity index (χ0) is 14.7. The third-order valence-electron chi connectivity index (χ3n) is 3.11. The van der Waals surface area contributed by atoms with Crippen LogP contribution in [0.15, 0.2) is 24.5 Å². The van der Waals surface area contributed by atoms with Gasteiger partial charge in [-0.25, -0.2) is 14.4 Å². The number of ether oxygens (including phenoxy) is 1. The van der Waals surface area contributed by atoms with Crippen molar-refractivity contribution >= 4 is 5.82 Å². The molecule has 0 atom stereocenters. The molecule has 0 unspecified atom stereocenters. The number of benzene rings is 1. The maximum Gasteiger partial charge on any atom is 0.133 e. The summed E-state index contributed by atoms with van der Waals surface area (Å²) in [6, 6.07) is 4.42. The molecular weight excluding hydrogens is 257 g/mol. The monoisotopic (exact) mass is 275 g/mol. The van der Waals surface area contributed by atoms with Gasteiger partial charge >= 0.3 is 0 Å². The van der Waals surface area contributed by atoms with Crippen LogP contribution in [-0.4, -0.2) is 24.1 Å². The Balaban J connectivity index is 2.72. The molecule has 0 aliphatic carbocycles. The van der Waals surface area contributed by atoms with Gasteiger partial charge in [0.25, 0.3) is 0 Å². The van der Waals surface area contributed by atoms with Gasteiger partial charge in [-0.05, 0) is 24.1 Å². The van der Waals surface area contributed by atoms with Crippen molar-refractivity contribution in [2.75, 3.05) is 19.5 Å². The van der Waals surface area contributed by atoms with Gasteiger partial charge in [-0.15, -0.1) is 0 Å². The van der Waals surface area contributed by atoms with Gasteiger partial charge in [0.15, 0.2) is 0 Å². The van der Waals surface area contributed by atoms with Crippen LogP contribution in [0.1, 0.15) is 25.3 Å². The summed E-state index contributed by atoms with van der Waals surface area (Å²) in [5.41, 5.74) is 2.27. The van der Waals surface area contributed by atoms with Crippen LogP contribution in [0, 0.1) is 5.82 Å². The minimum atomic E-state index is -0.319. The zero-order valence-corrected chi connectivity index (χ0v) is 12.1. The molecule has 2 rings (SSSR count). The molecule has 2 aromatic rings. The van der Waals surface area contributed by atoms with Gasteiger partial charge in [-0.1, -0.05) is 13.8 Å². The van der Waals surface area contributed by atoms with Gasteiger partial charge in [-0.2, -0.15) is 0 Å². The van der Waals surface area contributed by atoms with E-state index in [2.05, 4.69) is 29.1 Å². The predicted octanol–water partition coefficient (Wildman–Crippen LogP) is 3.46. The summed E-state index contributed by atoms with van der Waals surface area (Å²) in [7, 11) is 3.37. The molecule has 1 aromatic carbocycles. The highest BCUT2D eigenvalue weighted by atomic mass is 19.1. The molecule has 0 fully saturated rings. The van der Waals surface area contributed by atoms with Crippen molar-refractivity contribution in [1.82, 2.24) is 9.97 Å². The van der Waals surface area contributed by atoms with Gasteiger partial charge in [0.2, 0.25) is 0 Å². The number of aromatic nitrogens is 2. The molecule has 20 heavy (non-hydrogen) atoms. The number of hydrogen-bond donors (Lipinski definition) is 1. The molecule has 0 amide bonds. The molecular formula is C15H18FN3O. The Hall–Kier alpha value is -2.17. The van der Waals surface area contributed by atoms with E-state index in [0.717, 1.165) is 11.4 Å². The third kappa shape index (κ3) is 2.57. The van der Waals surface area contributed by atoms with E-state index in [4.69, 9.17) is 4.74 Å². The average molecular weight is 275 g/mol. The summed E-state index contributed by atoms with van der Waals surface area (Å²) >= 11 is 0. The molecule has 1 N–H and O–H groups in total. The fraction of sp³-hybridized carbons (Fsp3) is 0.333. The van der Waals surface area contributed by atoms with Crippen molar-refractivity contribution in [3.05, 3.63) is 35.9 Å². The molecule has 106 valence electrons. The van der Waals surface area contributed by atoms with Crippen molar-refractivity contribution in [2.24, 2.45) is 0 Å². The Bertz CT molecular complexity index is 614. The second kappa shape index (κ2) is 5.86. The number of halogens is 1. The minimum Gasteiger partial charge on any atom is -0.496 e. The molecule has 4 nitrogen and oxygen atoms in total. The predicted molar refractivity (Wildman–Crippen MR) is 77.6 cm³/mol. The molecule has 0 aliphatic rings. The molecule has 1 heterocycles. The van der Waals surface area contributed by atoms with E-state index in [1.807, 2.05) is 0 Å². The van der Waals surface area contributed by atoms with Crippen molar-refractivity contribution in [1.29, 1.82) is 0 Å². The molecule has 0 bridgehead atoms. The van der Waals surface area contributed by atoms with Crippen LogP contribution in [0.2, 0.25) is 0 Å². The Morgan fingerprint density at radius 3 is 2.60 bits per heavy atom. The van der Waals surface area contributed by atoms with Gasteiger partial charge in [0.05, 0.1) is 12.8 Å². The smallest absolute Gasteiger partial charge is 0.133 e. The Labute approximate surface area is 118 Å². The van der Waals surface area contributed by atoms with Gasteiger partial charge < -0.3 is 10.1 Å². The second-order valence-electron chi connectivity index (χ2n) is 4.73. The van der Waals surface area contributed by atoms with E-state index in [0.29, 0.717) is 17.0 Å². The lowest BCUT2D eigenvalue weighted by Gasteiger charge is -2.17.